The largest absolute Gasteiger partial charge is 0.339 e. The molecule has 1 atom stereocenters. The second-order valence-electron chi connectivity index (χ2n) is 5.86. The lowest BCUT2D eigenvalue weighted by Gasteiger charge is -2.20. The van der Waals surface area contributed by atoms with Gasteiger partial charge in [0.15, 0.2) is 0 Å². The number of aromatic nitrogens is 2. The van der Waals surface area contributed by atoms with E-state index in [1.165, 1.54) is 4.90 Å². The molecule has 8 nitrogen and oxygen atoms in total. The quantitative estimate of drug-likeness (QED) is 0.785. The number of imide groups is 1. The number of hydrogen-bond donors (Lipinski definition) is 1. The first-order valence-electron chi connectivity index (χ1n) is 7.33. The first-order valence-corrected chi connectivity index (χ1v) is 7.33. The van der Waals surface area contributed by atoms with Gasteiger partial charge in [0.1, 0.15) is 13.1 Å². The van der Waals surface area contributed by atoms with Crippen LogP contribution in [0.4, 0.5) is 4.79 Å². The molecule has 4 amide bonds. The summed E-state index contributed by atoms with van der Waals surface area (Å²) < 4.78 is 1.97. The molecule has 3 rings (SSSR count). The Morgan fingerprint density at radius 2 is 2.18 bits per heavy atom. The van der Waals surface area contributed by atoms with Crippen LogP contribution in [0.25, 0.3) is 0 Å². The van der Waals surface area contributed by atoms with E-state index in [0.29, 0.717) is 13.1 Å². The Morgan fingerprint density at radius 3 is 2.77 bits per heavy atom. The van der Waals surface area contributed by atoms with E-state index in [9.17, 15) is 14.4 Å². The zero-order valence-electron chi connectivity index (χ0n) is 12.7. The zero-order chi connectivity index (χ0) is 15.9. The molecule has 1 aromatic heterocycles. The number of carbonyl (C=O) groups excluding carboxylic acids is 3. The third kappa shape index (κ3) is 2.68. The van der Waals surface area contributed by atoms with Crippen LogP contribution in [0.5, 0.6) is 0 Å². The summed E-state index contributed by atoms with van der Waals surface area (Å²) in [6, 6.07) is 1.70. The maximum absolute atomic E-state index is 12.3. The van der Waals surface area contributed by atoms with Crippen molar-refractivity contribution in [3.63, 3.8) is 0 Å². The molecule has 0 aliphatic carbocycles. The van der Waals surface area contributed by atoms with Gasteiger partial charge in [0.2, 0.25) is 11.8 Å². The lowest BCUT2D eigenvalue weighted by molar-refractivity contribution is -0.130. The van der Waals surface area contributed by atoms with Crippen LogP contribution in [-0.2, 0) is 9.59 Å². The van der Waals surface area contributed by atoms with Crippen molar-refractivity contribution < 1.29 is 14.4 Å². The van der Waals surface area contributed by atoms with Crippen LogP contribution in [-0.4, -0.2) is 63.6 Å². The molecular weight excluding hydrogens is 286 g/mol. The highest BCUT2D eigenvalue weighted by Gasteiger charge is 2.33. The van der Waals surface area contributed by atoms with E-state index in [-0.39, 0.29) is 30.9 Å². The van der Waals surface area contributed by atoms with Gasteiger partial charge in [-0.2, -0.15) is 5.10 Å². The van der Waals surface area contributed by atoms with Crippen molar-refractivity contribution in [1.82, 2.24) is 24.9 Å². The highest BCUT2D eigenvalue weighted by molar-refractivity contribution is 6.03. The fraction of sp³-hybridized carbons (Fsp3) is 0.571. The van der Waals surface area contributed by atoms with Gasteiger partial charge in [-0.25, -0.2) is 4.79 Å². The first-order chi connectivity index (χ1) is 10.4. The normalized spacial score (nSPS) is 21.6. The second-order valence-corrected chi connectivity index (χ2v) is 5.86. The molecule has 0 radical (unpaired) electrons. The number of hydrogen-bond acceptors (Lipinski definition) is 4. The Bertz CT molecular complexity index is 638. The Kier molecular flexibility index (Phi) is 3.59. The number of likely N-dealkylation sites (tertiary alicyclic amines) is 1. The molecule has 2 aliphatic heterocycles. The molecule has 1 aromatic rings. The highest BCUT2D eigenvalue weighted by Crippen LogP contribution is 2.23. The number of nitrogens with one attached hydrogen (secondary N) is 1. The second kappa shape index (κ2) is 5.43. The number of aryl methyl sites for hydroxylation is 2. The molecule has 2 saturated heterocycles. The molecule has 0 spiro atoms. The molecule has 1 N–H and O–H groups in total. The standard InChI is InChI=1S/C14H19N5O3/c1-9-5-10(2)19(16-9)11-3-4-17(6-11)13(21)8-18-7-12(20)15-14(18)22/h5,11H,3-4,6-8H2,1-2H3,(H,15,20,22)/t11-/m1/s1. The van der Waals surface area contributed by atoms with Gasteiger partial charge < -0.3 is 9.80 Å². The van der Waals surface area contributed by atoms with Gasteiger partial charge in [0, 0.05) is 18.8 Å². The Balaban J connectivity index is 1.60. The fourth-order valence-electron chi connectivity index (χ4n) is 3.06. The van der Waals surface area contributed by atoms with Gasteiger partial charge in [-0.3, -0.25) is 19.6 Å². The highest BCUT2D eigenvalue weighted by atomic mass is 16.2. The predicted octanol–water partition coefficient (Wildman–Crippen LogP) is -0.175. The van der Waals surface area contributed by atoms with Crippen molar-refractivity contribution in [2.24, 2.45) is 0 Å². The van der Waals surface area contributed by atoms with E-state index in [1.54, 1.807) is 4.90 Å². The molecule has 0 unspecified atom stereocenters. The van der Waals surface area contributed by atoms with Crippen LogP contribution in [0.1, 0.15) is 23.9 Å². The minimum absolute atomic E-state index is 0.0424. The van der Waals surface area contributed by atoms with Crippen LogP contribution in [0.2, 0.25) is 0 Å². The van der Waals surface area contributed by atoms with E-state index in [4.69, 9.17) is 0 Å². The minimum Gasteiger partial charge on any atom is -0.339 e. The average Bonchev–Trinajstić information content (AvgIpc) is 3.10. The number of carbonyl (C=O) groups is 3. The average molecular weight is 305 g/mol. The molecule has 2 fully saturated rings. The molecule has 8 heteroatoms. The van der Waals surface area contributed by atoms with E-state index in [0.717, 1.165) is 17.8 Å². The summed E-state index contributed by atoms with van der Waals surface area (Å²) in [6.07, 6.45) is 0.846. The number of nitrogens with zero attached hydrogens (tertiary/aromatic N) is 4. The lowest BCUT2D eigenvalue weighted by Crippen LogP contribution is -2.40. The minimum atomic E-state index is -0.493. The molecule has 3 heterocycles. The van der Waals surface area contributed by atoms with Crippen LogP contribution in [0.3, 0.4) is 0 Å². The monoisotopic (exact) mass is 305 g/mol. The van der Waals surface area contributed by atoms with E-state index in [2.05, 4.69) is 10.4 Å². The van der Waals surface area contributed by atoms with Crippen molar-refractivity contribution >= 4 is 17.8 Å². The molecule has 0 bridgehead atoms. The maximum atomic E-state index is 12.3. The van der Waals surface area contributed by atoms with Crippen molar-refractivity contribution in [3.05, 3.63) is 17.5 Å². The fourth-order valence-corrected chi connectivity index (χ4v) is 3.06. The number of rotatable bonds is 3. The Hall–Kier alpha value is -2.38. The lowest BCUT2D eigenvalue weighted by atomic mass is 10.2. The molecule has 22 heavy (non-hydrogen) atoms. The molecular formula is C14H19N5O3. The first kappa shape index (κ1) is 14.6. The Morgan fingerprint density at radius 1 is 1.41 bits per heavy atom. The smallest absolute Gasteiger partial charge is 0.325 e. The van der Waals surface area contributed by atoms with Crippen molar-refractivity contribution in [2.45, 2.75) is 26.3 Å². The Labute approximate surface area is 128 Å². The van der Waals surface area contributed by atoms with Gasteiger partial charge in [0.05, 0.1) is 11.7 Å². The van der Waals surface area contributed by atoms with Crippen LogP contribution in [0.15, 0.2) is 6.07 Å². The van der Waals surface area contributed by atoms with Gasteiger partial charge in [0.25, 0.3) is 0 Å². The maximum Gasteiger partial charge on any atom is 0.325 e. The summed E-state index contributed by atoms with van der Waals surface area (Å²) in [4.78, 5) is 37.9. The van der Waals surface area contributed by atoms with Gasteiger partial charge in [-0.15, -0.1) is 0 Å². The van der Waals surface area contributed by atoms with Gasteiger partial charge in [-0.05, 0) is 26.3 Å². The van der Waals surface area contributed by atoms with Gasteiger partial charge >= 0.3 is 6.03 Å². The van der Waals surface area contributed by atoms with Crippen LogP contribution < -0.4 is 5.32 Å². The summed E-state index contributed by atoms with van der Waals surface area (Å²) in [5.41, 5.74) is 2.05. The van der Waals surface area contributed by atoms with E-state index in [1.807, 2.05) is 24.6 Å². The summed E-state index contributed by atoms with van der Waals surface area (Å²) in [6.45, 7) is 5.09. The van der Waals surface area contributed by atoms with Crippen LogP contribution >= 0.6 is 0 Å². The van der Waals surface area contributed by atoms with Gasteiger partial charge in [-0.1, -0.05) is 0 Å². The molecule has 0 saturated carbocycles. The SMILES string of the molecule is Cc1cc(C)n([C@@H]2CCN(C(=O)CN3CC(=O)NC3=O)C2)n1. The molecule has 2 aliphatic rings. The van der Waals surface area contributed by atoms with E-state index >= 15 is 0 Å². The van der Waals surface area contributed by atoms with E-state index < -0.39 is 6.03 Å². The van der Waals surface area contributed by atoms with Crippen molar-refractivity contribution in [1.29, 1.82) is 0 Å². The van der Waals surface area contributed by atoms with Crippen molar-refractivity contribution in [2.75, 3.05) is 26.2 Å². The third-order valence-corrected chi connectivity index (χ3v) is 4.10. The summed E-state index contributed by atoms with van der Waals surface area (Å²) in [5.74, 6) is -0.492. The summed E-state index contributed by atoms with van der Waals surface area (Å²) in [5, 5.41) is 6.64. The number of amides is 4. The van der Waals surface area contributed by atoms with Crippen molar-refractivity contribution in [3.8, 4) is 0 Å². The topological polar surface area (TPSA) is 87.5 Å². The molecule has 118 valence electrons. The predicted molar refractivity (Wildman–Crippen MR) is 77.0 cm³/mol. The number of urea groups is 1. The summed E-state index contributed by atoms with van der Waals surface area (Å²) in [7, 11) is 0. The molecule has 0 aromatic carbocycles. The van der Waals surface area contributed by atoms with Crippen LogP contribution in [0, 0.1) is 13.8 Å². The summed E-state index contributed by atoms with van der Waals surface area (Å²) >= 11 is 0. The zero-order valence-corrected chi connectivity index (χ0v) is 12.7. The third-order valence-electron chi connectivity index (χ3n) is 4.10.